The molecule has 0 heterocycles. The van der Waals surface area contributed by atoms with Crippen molar-refractivity contribution in [2.45, 2.75) is 41.5 Å². The smallest absolute Gasteiger partial charge is 0.000721 e. The van der Waals surface area contributed by atoms with Crippen LogP contribution in [-0.4, -0.2) is 0 Å². The lowest BCUT2D eigenvalue weighted by Gasteiger charge is -2.22. The number of aryl methyl sites for hydroxylation is 6. The number of hydrogen-bond acceptors (Lipinski definition) is 0. The molecule has 0 saturated heterocycles. The van der Waals surface area contributed by atoms with Crippen molar-refractivity contribution in [2.75, 3.05) is 0 Å². The van der Waals surface area contributed by atoms with E-state index in [1.165, 1.54) is 142 Å². The van der Waals surface area contributed by atoms with Crippen molar-refractivity contribution in [3.63, 3.8) is 0 Å². The summed E-state index contributed by atoms with van der Waals surface area (Å²) in [5.41, 5.74) is 13.4. The van der Waals surface area contributed by atoms with E-state index in [1.807, 2.05) is 0 Å². The molecule has 0 saturated carbocycles. The molecule has 0 bridgehead atoms. The molecule has 0 fully saturated rings. The van der Waals surface area contributed by atoms with Gasteiger partial charge < -0.3 is 0 Å². The Morgan fingerprint density at radius 3 is 1.23 bits per heavy atom. The lowest BCUT2D eigenvalue weighted by Crippen LogP contribution is -1.97. The predicted molar refractivity (Wildman–Crippen MR) is 228 cm³/mol. The molecule has 0 unspecified atom stereocenters. The highest BCUT2D eigenvalue weighted by molar-refractivity contribution is 6.42. The fourth-order valence-corrected chi connectivity index (χ4v) is 10.5. The fourth-order valence-electron chi connectivity index (χ4n) is 10.5. The van der Waals surface area contributed by atoms with Gasteiger partial charge in [-0.3, -0.25) is 0 Å². The van der Waals surface area contributed by atoms with E-state index in [2.05, 4.69) is 163 Å². The van der Waals surface area contributed by atoms with Crippen LogP contribution < -0.4 is 0 Å². The summed E-state index contributed by atoms with van der Waals surface area (Å²) in [4.78, 5) is 0. The molecule has 0 aliphatic carbocycles. The van der Waals surface area contributed by atoms with Crippen LogP contribution in [-0.2, 0) is 0 Å². The first-order valence-electron chi connectivity index (χ1n) is 18.6. The quantitative estimate of drug-likeness (QED) is 0.162. The molecular formula is C52H38. The molecular weight excluding hydrogens is 625 g/mol. The van der Waals surface area contributed by atoms with Crippen LogP contribution in [0, 0.1) is 41.5 Å². The van der Waals surface area contributed by atoms with E-state index < -0.39 is 0 Å². The van der Waals surface area contributed by atoms with E-state index >= 15 is 0 Å². The summed E-state index contributed by atoms with van der Waals surface area (Å²) in [6, 6.07) is 46.7. The minimum Gasteiger partial charge on any atom is -0.0616 e. The Hall–Kier alpha value is -5.98. The van der Waals surface area contributed by atoms with E-state index in [1.54, 1.807) is 0 Å². The van der Waals surface area contributed by atoms with E-state index in [0.717, 1.165) is 0 Å². The van der Waals surface area contributed by atoms with Gasteiger partial charge >= 0.3 is 0 Å². The second-order valence-corrected chi connectivity index (χ2v) is 15.6. The molecule has 246 valence electrons. The third-order valence-corrected chi connectivity index (χ3v) is 12.2. The molecule has 11 aromatic carbocycles. The average molecular weight is 663 g/mol. The Morgan fingerprint density at radius 1 is 0.250 bits per heavy atom. The Kier molecular flexibility index (Phi) is 5.89. The van der Waals surface area contributed by atoms with E-state index in [0.29, 0.717) is 0 Å². The van der Waals surface area contributed by atoms with Crippen LogP contribution in [0.25, 0.3) is 108 Å². The number of rotatable bonds is 2. The first kappa shape index (κ1) is 29.7. The molecule has 0 spiro atoms. The highest BCUT2D eigenvalue weighted by atomic mass is 14.3. The van der Waals surface area contributed by atoms with Gasteiger partial charge in [0.2, 0.25) is 0 Å². The average Bonchev–Trinajstić information content (AvgIpc) is 3.62. The minimum absolute atomic E-state index is 1.29. The maximum absolute atomic E-state index is 2.58. The maximum atomic E-state index is 2.58. The first-order chi connectivity index (χ1) is 25.3. The minimum atomic E-state index is 1.29. The van der Waals surface area contributed by atoms with E-state index in [-0.39, 0.29) is 0 Å². The first-order valence-corrected chi connectivity index (χ1v) is 18.6. The molecule has 11 aromatic rings. The highest BCUT2D eigenvalue weighted by Crippen LogP contribution is 2.55. The van der Waals surface area contributed by atoms with Gasteiger partial charge in [0.05, 0.1) is 0 Å². The second-order valence-electron chi connectivity index (χ2n) is 15.6. The van der Waals surface area contributed by atoms with Crippen LogP contribution in [0.4, 0.5) is 0 Å². The van der Waals surface area contributed by atoms with Crippen LogP contribution in [0.3, 0.4) is 0 Å². The third-order valence-electron chi connectivity index (χ3n) is 12.2. The zero-order valence-electron chi connectivity index (χ0n) is 30.5. The highest BCUT2D eigenvalue weighted by Gasteiger charge is 2.27. The van der Waals surface area contributed by atoms with Crippen LogP contribution >= 0.6 is 0 Å². The van der Waals surface area contributed by atoms with Crippen molar-refractivity contribution >= 4 is 86.2 Å². The maximum Gasteiger partial charge on any atom is -0.000721 e. The van der Waals surface area contributed by atoms with Crippen molar-refractivity contribution in [1.82, 2.24) is 0 Å². The zero-order chi connectivity index (χ0) is 35.2. The van der Waals surface area contributed by atoms with Crippen molar-refractivity contribution in [2.24, 2.45) is 0 Å². The SMILES string of the molecule is Cc1cc(C)c(-c2c3cc4c(cc3c(-c3c(C)cc(C)cc3C)c3c5cccc6cccc(c23)c65)c2cc3ccccc3c3cccc4c32)c(C)c1. The molecule has 0 aliphatic heterocycles. The summed E-state index contributed by atoms with van der Waals surface area (Å²) < 4.78 is 0. The molecule has 52 heavy (non-hydrogen) atoms. The van der Waals surface area contributed by atoms with Gasteiger partial charge in [-0.1, -0.05) is 114 Å². The van der Waals surface area contributed by atoms with E-state index in [9.17, 15) is 0 Å². The topological polar surface area (TPSA) is 0 Å². The summed E-state index contributed by atoms with van der Waals surface area (Å²) in [6.45, 7) is 13.7. The number of benzene rings is 9. The van der Waals surface area contributed by atoms with Crippen LogP contribution in [0.15, 0.2) is 121 Å². The molecule has 0 heteroatoms. The summed E-state index contributed by atoms with van der Waals surface area (Å²) >= 11 is 0. The van der Waals surface area contributed by atoms with Crippen LogP contribution in [0.5, 0.6) is 0 Å². The normalized spacial score (nSPS) is 12.4. The van der Waals surface area contributed by atoms with Gasteiger partial charge in [0.25, 0.3) is 0 Å². The molecule has 0 radical (unpaired) electrons. The molecule has 11 rings (SSSR count). The van der Waals surface area contributed by atoms with Crippen molar-refractivity contribution in [3.8, 4) is 22.3 Å². The summed E-state index contributed by atoms with van der Waals surface area (Å²) in [5, 5.41) is 21.5. The monoisotopic (exact) mass is 662 g/mol. The zero-order valence-corrected chi connectivity index (χ0v) is 30.5. The lowest BCUT2D eigenvalue weighted by atomic mass is 9.81. The largest absolute Gasteiger partial charge is 0.0616 e. The third kappa shape index (κ3) is 3.77. The Balaban J connectivity index is 1.49. The van der Waals surface area contributed by atoms with Crippen molar-refractivity contribution < 1.29 is 0 Å². The van der Waals surface area contributed by atoms with Gasteiger partial charge in [-0.25, -0.2) is 0 Å². The van der Waals surface area contributed by atoms with Gasteiger partial charge in [-0.2, -0.15) is 0 Å². The Bertz CT molecular complexity index is 3280. The number of hydrogen-bond donors (Lipinski definition) is 0. The molecule has 0 N–H and O–H groups in total. The molecule has 0 aromatic heterocycles. The molecule has 0 nitrogen and oxygen atoms in total. The Labute approximate surface area is 303 Å². The van der Waals surface area contributed by atoms with Crippen molar-refractivity contribution in [3.05, 3.63) is 155 Å². The fraction of sp³-hybridized carbons (Fsp3) is 0.115. The van der Waals surface area contributed by atoms with Gasteiger partial charge in [-0.05, 0) is 190 Å². The second kappa shape index (κ2) is 10.3. The summed E-state index contributed by atoms with van der Waals surface area (Å²) in [6.07, 6.45) is 0. The predicted octanol–water partition coefficient (Wildman–Crippen LogP) is 15.0. The van der Waals surface area contributed by atoms with Gasteiger partial charge in [0.15, 0.2) is 0 Å². The standard InChI is InChI=1S/C52H38/c1-27-20-29(3)45(30(4)21-27)51-43-25-40-37-17-11-16-36-35-15-8-7-12-34(35)24-42(48(36)37)41(40)26-44(43)52(46-31(5)22-28(2)23-32(46)6)50-39-19-10-14-33-13-9-18-38(47(33)39)49(50)51/h7-26H,1-6H3. The summed E-state index contributed by atoms with van der Waals surface area (Å²) in [7, 11) is 0. The van der Waals surface area contributed by atoms with Crippen LogP contribution in [0.2, 0.25) is 0 Å². The number of fused-ring (bicyclic) bond motifs is 9. The molecule has 0 amide bonds. The molecule has 0 aliphatic rings. The molecule has 0 atom stereocenters. The summed E-state index contributed by atoms with van der Waals surface area (Å²) in [5.74, 6) is 0. The van der Waals surface area contributed by atoms with Crippen LogP contribution in [0.1, 0.15) is 33.4 Å². The van der Waals surface area contributed by atoms with E-state index in [4.69, 9.17) is 0 Å². The lowest BCUT2D eigenvalue weighted by molar-refractivity contribution is 1.32. The van der Waals surface area contributed by atoms with Gasteiger partial charge in [0, 0.05) is 0 Å². The van der Waals surface area contributed by atoms with Crippen molar-refractivity contribution in [1.29, 1.82) is 0 Å². The Morgan fingerprint density at radius 2 is 0.673 bits per heavy atom. The van der Waals surface area contributed by atoms with Gasteiger partial charge in [0.1, 0.15) is 0 Å². The van der Waals surface area contributed by atoms with Gasteiger partial charge in [-0.15, -0.1) is 0 Å².